The number of alkyl halides is 1. The van der Waals surface area contributed by atoms with E-state index in [1.54, 1.807) is 0 Å². The third kappa shape index (κ3) is 8.87. The number of hydrogen-bond donors (Lipinski definition) is 0. The molecule has 1 saturated heterocycles. The van der Waals surface area contributed by atoms with Crippen molar-refractivity contribution in [1.29, 1.82) is 5.26 Å². The third-order valence-corrected chi connectivity index (χ3v) is 4.61. The third-order valence-electron chi connectivity index (χ3n) is 4.17. The average Bonchev–Trinajstić information content (AvgIpc) is 3.02. The summed E-state index contributed by atoms with van der Waals surface area (Å²) in [7, 11) is 1.42. The number of nitriles is 1. The quantitative estimate of drug-likeness (QED) is 0.281. The van der Waals surface area contributed by atoms with Crippen molar-refractivity contribution in [1.82, 2.24) is 0 Å². The topological polar surface area (TPSA) is 68.6 Å². The van der Waals surface area contributed by atoms with Gasteiger partial charge in [0.05, 0.1) is 38.1 Å². The van der Waals surface area contributed by atoms with E-state index in [0.717, 1.165) is 49.6 Å². The molecule has 1 fully saturated rings. The van der Waals surface area contributed by atoms with Crippen LogP contribution in [0.2, 0.25) is 0 Å². The molecule has 1 heterocycles. The summed E-state index contributed by atoms with van der Waals surface area (Å²) in [5.41, 5.74) is 0. The summed E-state index contributed by atoms with van der Waals surface area (Å²) in [6, 6.07) is 2.28. The van der Waals surface area contributed by atoms with Gasteiger partial charge in [-0.1, -0.05) is 22.6 Å². The largest absolute Gasteiger partial charge is 0.469 e. The van der Waals surface area contributed by atoms with Crippen molar-refractivity contribution in [3.05, 3.63) is 0 Å². The zero-order valence-corrected chi connectivity index (χ0v) is 16.3. The summed E-state index contributed by atoms with van der Waals surface area (Å²) in [5, 5.41) is 8.98. The predicted molar refractivity (Wildman–Crippen MR) is 96.4 cm³/mol. The standard InChI is InChI=1S/C17H28INO4/c1-13(12-19)11-16(22-10-9-18)6-5-14-3-4-15(23-14)7-8-17(20)21-2/h13-16H,3-11H2,1-2H3/t13-,14-,15-,16-/m1/s1. The van der Waals surface area contributed by atoms with Gasteiger partial charge in [-0.15, -0.1) is 0 Å². The first kappa shape index (κ1) is 20.7. The van der Waals surface area contributed by atoms with Crippen LogP contribution in [0.5, 0.6) is 0 Å². The van der Waals surface area contributed by atoms with Gasteiger partial charge in [-0.2, -0.15) is 5.26 Å². The number of carbonyl (C=O) groups is 1. The highest BCUT2D eigenvalue weighted by atomic mass is 127. The first-order valence-electron chi connectivity index (χ1n) is 8.38. The van der Waals surface area contributed by atoms with E-state index in [1.165, 1.54) is 7.11 Å². The summed E-state index contributed by atoms with van der Waals surface area (Å²) in [5.74, 6) is -0.152. The van der Waals surface area contributed by atoms with Gasteiger partial charge in [0, 0.05) is 16.8 Å². The van der Waals surface area contributed by atoms with Crippen molar-refractivity contribution in [2.24, 2.45) is 5.92 Å². The number of carbonyl (C=O) groups excluding carboxylic acids is 1. The SMILES string of the molecule is COC(=O)CC[C@H]1CC[C@H](CC[C@H](C[C@@H](C)C#N)OCCI)O1. The van der Waals surface area contributed by atoms with Crippen LogP contribution in [0.25, 0.3) is 0 Å². The van der Waals surface area contributed by atoms with Gasteiger partial charge in [0.15, 0.2) is 0 Å². The van der Waals surface area contributed by atoms with E-state index >= 15 is 0 Å². The average molecular weight is 437 g/mol. The summed E-state index contributed by atoms with van der Waals surface area (Å²) in [4.78, 5) is 11.2. The molecule has 1 aliphatic heterocycles. The number of hydrogen-bond acceptors (Lipinski definition) is 5. The zero-order chi connectivity index (χ0) is 17.1. The lowest BCUT2D eigenvalue weighted by Crippen LogP contribution is -2.20. The molecular formula is C17H28INO4. The van der Waals surface area contributed by atoms with Crippen molar-refractivity contribution in [3.8, 4) is 6.07 Å². The minimum atomic E-state index is -0.171. The second-order valence-corrected chi connectivity index (χ2v) is 7.18. The summed E-state index contributed by atoms with van der Waals surface area (Å²) in [6.07, 6.45) is 6.44. The lowest BCUT2D eigenvalue weighted by Gasteiger charge is -2.20. The Morgan fingerprint density at radius 3 is 2.70 bits per heavy atom. The summed E-state index contributed by atoms with van der Waals surface area (Å²) in [6.45, 7) is 2.67. The second-order valence-electron chi connectivity index (χ2n) is 6.10. The molecule has 0 amide bonds. The van der Waals surface area contributed by atoms with Crippen LogP contribution in [0.1, 0.15) is 51.9 Å². The van der Waals surface area contributed by atoms with E-state index < -0.39 is 0 Å². The zero-order valence-electron chi connectivity index (χ0n) is 14.1. The molecule has 0 aromatic carbocycles. The number of rotatable bonds is 11. The first-order valence-corrected chi connectivity index (χ1v) is 9.91. The highest BCUT2D eigenvalue weighted by molar-refractivity contribution is 14.1. The normalized spacial score (nSPS) is 23.2. The Balaban J connectivity index is 2.28. The Bertz CT molecular complexity index is 385. The molecule has 4 atom stereocenters. The molecule has 0 radical (unpaired) electrons. The van der Waals surface area contributed by atoms with E-state index in [2.05, 4.69) is 33.4 Å². The maximum absolute atomic E-state index is 11.2. The van der Waals surface area contributed by atoms with E-state index in [9.17, 15) is 4.79 Å². The first-order chi connectivity index (χ1) is 11.1. The molecule has 0 unspecified atom stereocenters. The Labute approximate surface area is 153 Å². The van der Waals surface area contributed by atoms with E-state index in [1.807, 2.05) is 6.92 Å². The van der Waals surface area contributed by atoms with Gasteiger partial charge in [0.2, 0.25) is 0 Å². The molecule has 0 spiro atoms. The molecule has 0 aromatic heterocycles. The van der Waals surface area contributed by atoms with Crippen LogP contribution in [0.4, 0.5) is 0 Å². The number of halogens is 1. The van der Waals surface area contributed by atoms with Gasteiger partial charge in [-0.25, -0.2) is 0 Å². The van der Waals surface area contributed by atoms with Crippen molar-refractivity contribution < 1.29 is 19.0 Å². The minimum Gasteiger partial charge on any atom is -0.469 e. The Kier molecular flexibility index (Phi) is 10.8. The van der Waals surface area contributed by atoms with Crippen LogP contribution >= 0.6 is 22.6 Å². The molecule has 1 rings (SSSR count). The number of esters is 1. The second kappa shape index (κ2) is 12.0. The Hall–Kier alpha value is -0.390. The van der Waals surface area contributed by atoms with Crippen LogP contribution in [0.3, 0.4) is 0 Å². The summed E-state index contributed by atoms with van der Waals surface area (Å²) < 4.78 is 17.5. The highest BCUT2D eigenvalue weighted by Crippen LogP contribution is 2.27. The Morgan fingerprint density at radius 2 is 2.09 bits per heavy atom. The molecule has 132 valence electrons. The molecule has 6 heteroatoms. The number of methoxy groups -OCH3 is 1. The van der Waals surface area contributed by atoms with Crippen molar-refractivity contribution >= 4 is 28.6 Å². The van der Waals surface area contributed by atoms with Gasteiger partial charge in [0.1, 0.15) is 0 Å². The van der Waals surface area contributed by atoms with Gasteiger partial charge in [-0.05, 0) is 45.4 Å². The maximum Gasteiger partial charge on any atom is 0.305 e. The molecule has 0 aliphatic carbocycles. The molecule has 0 N–H and O–H groups in total. The lowest BCUT2D eigenvalue weighted by atomic mass is 9.99. The number of nitrogens with zero attached hydrogens (tertiary/aromatic N) is 1. The molecule has 5 nitrogen and oxygen atoms in total. The van der Waals surface area contributed by atoms with E-state index in [4.69, 9.17) is 14.7 Å². The van der Waals surface area contributed by atoms with E-state index in [0.29, 0.717) is 6.42 Å². The number of ether oxygens (including phenoxy) is 3. The van der Waals surface area contributed by atoms with Gasteiger partial charge in [0.25, 0.3) is 0 Å². The minimum absolute atomic E-state index is 0.0199. The maximum atomic E-state index is 11.2. The van der Waals surface area contributed by atoms with Crippen molar-refractivity contribution in [2.75, 3.05) is 18.1 Å². The fraction of sp³-hybridized carbons (Fsp3) is 0.882. The van der Waals surface area contributed by atoms with Crippen molar-refractivity contribution in [3.63, 3.8) is 0 Å². The molecule has 0 saturated carbocycles. The Morgan fingerprint density at radius 1 is 1.39 bits per heavy atom. The van der Waals surface area contributed by atoms with E-state index in [-0.39, 0.29) is 30.2 Å². The molecule has 23 heavy (non-hydrogen) atoms. The van der Waals surface area contributed by atoms with Crippen LogP contribution in [-0.2, 0) is 19.0 Å². The van der Waals surface area contributed by atoms with Crippen LogP contribution < -0.4 is 0 Å². The predicted octanol–water partition coefficient (Wildman–Crippen LogP) is 3.64. The van der Waals surface area contributed by atoms with Crippen LogP contribution in [-0.4, -0.2) is 42.4 Å². The summed E-state index contributed by atoms with van der Waals surface area (Å²) >= 11 is 2.30. The smallest absolute Gasteiger partial charge is 0.305 e. The molecule has 0 bridgehead atoms. The fourth-order valence-electron chi connectivity index (χ4n) is 2.88. The van der Waals surface area contributed by atoms with Gasteiger partial charge < -0.3 is 14.2 Å². The molecular weight excluding hydrogens is 409 g/mol. The lowest BCUT2D eigenvalue weighted by molar-refractivity contribution is -0.141. The molecule has 1 aliphatic rings. The monoisotopic (exact) mass is 437 g/mol. The van der Waals surface area contributed by atoms with Gasteiger partial charge >= 0.3 is 5.97 Å². The molecule has 0 aromatic rings. The van der Waals surface area contributed by atoms with Crippen LogP contribution in [0.15, 0.2) is 0 Å². The van der Waals surface area contributed by atoms with Crippen molar-refractivity contribution in [2.45, 2.75) is 70.2 Å². The van der Waals surface area contributed by atoms with Crippen LogP contribution in [0, 0.1) is 17.2 Å². The highest BCUT2D eigenvalue weighted by Gasteiger charge is 2.26. The fourth-order valence-corrected chi connectivity index (χ4v) is 3.14. The van der Waals surface area contributed by atoms with Gasteiger partial charge in [-0.3, -0.25) is 4.79 Å².